The molecule has 0 saturated heterocycles. The van der Waals surface area contributed by atoms with Crippen molar-refractivity contribution in [3.63, 3.8) is 0 Å². The van der Waals surface area contributed by atoms with Gasteiger partial charge in [0.05, 0.1) is 6.61 Å². The first-order valence-corrected chi connectivity index (χ1v) is 4.40. The summed E-state index contributed by atoms with van der Waals surface area (Å²) in [5, 5.41) is 8.91. The lowest BCUT2D eigenvalue weighted by Gasteiger charge is -2.12. The van der Waals surface area contributed by atoms with Crippen LogP contribution in [0.1, 0.15) is 25.5 Å². The van der Waals surface area contributed by atoms with Crippen LogP contribution in [-0.4, -0.2) is 23.0 Å². The molecule has 1 N–H and O–H groups in total. The van der Waals surface area contributed by atoms with E-state index in [4.69, 9.17) is 9.84 Å². The summed E-state index contributed by atoms with van der Waals surface area (Å²) in [6.45, 7) is 4.12. The minimum Gasteiger partial charge on any atom is -0.368 e. The molecule has 1 aromatic rings. The van der Waals surface area contributed by atoms with E-state index in [0.717, 1.165) is 5.69 Å². The molecule has 0 saturated carbocycles. The highest BCUT2D eigenvalue weighted by molar-refractivity contribution is 5.08. The predicted octanol–water partition coefficient (Wildman–Crippen LogP) is 1.54. The molecule has 0 spiro atoms. The van der Waals surface area contributed by atoms with E-state index in [2.05, 4.69) is 4.98 Å². The van der Waals surface area contributed by atoms with Gasteiger partial charge < -0.3 is 9.84 Å². The van der Waals surface area contributed by atoms with Crippen LogP contribution in [0.5, 0.6) is 0 Å². The van der Waals surface area contributed by atoms with Crippen LogP contribution >= 0.6 is 0 Å². The molecule has 2 unspecified atom stereocenters. The van der Waals surface area contributed by atoms with Gasteiger partial charge in [-0.25, -0.2) is 0 Å². The average molecular weight is 181 g/mol. The molecule has 0 amide bonds. The van der Waals surface area contributed by atoms with E-state index >= 15 is 0 Å². The monoisotopic (exact) mass is 181 g/mol. The number of aliphatic hydroxyl groups excluding tert-OH is 1. The smallest absolute Gasteiger partial charge is 0.151 e. The summed E-state index contributed by atoms with van der Waals surface area (Å²) >= 11 is 0. The quantitative estimate of drug-likeness (QED) is 0.716. The molecule has 0 aliphatic carbocycles. The Morgan fingerprint density at radius 1 is 1.46 bits per heavy atom. The van der Waals surface area contributed by atoms with E-state index in [1.54, 1.807) is 13.1 Å². The number of aliphatic hydroxyl groups is 1. The Bertz CT molecular complexity index is 236. The van der Waals surface area contributed by atoms with Crippen molar-refractivity contribution in [1.82, 2.24) is 4.98 Å². The molecule has 13 heavy (non-hydrogen) atoms. The van der Waals surface area contributed by atoms with Gasteiger partial charge in [-0.05, 0) is 19.1 Å². The Kier molecular flexibility index (Phi) is 3.86. The van der Waals surface area contributed by atoms with Crippen LogP contribution in [0.3, 0.4) is 0 Å². The minimum atomic E-state index is -0.703. The maximum absolute atomic E-state index is 8.91. The lowest BCUT2D eigenvalue weighted by Crippen LogP contribution is -2.12. The summed E-state index contributed by atoms with van der Waals surface area (Å²) in [6, 6.07) is 5.78. The normalized spacial score (nSPS) is 15.3. The van der Waals surface area contributed by atoms with Gasteiger partial charge in [0.25, 0.3) is 0 Å². The Morgan fingerprint density at radius 2 is 2.23 bits per heavy atom. The van der Waals surface area contributed by atoms with Gasteiger partial charge in [0.2, 0.25) is 0 Å². The zero-order valence-corrected chi connectivity index (χ0v) is 7.97. The second-order valence-electron chi connectivity index (χ2n) is 3.09. The van der Waals surface area contributed by atoms with Gasteiger partial charge in [-0.2, -0.15) is 0 Å². The zero-order chi connectivity index (χ0) is 9.68. The summed E-state index contributed by atoms with van der Waals surface area (Å²) in [5.41, 5.74) is 0.989. The lowest BCUT2D eigenvalue weighted by molar-refractivity contribution is -0.0887. The number of hydrogen-bond donors (Lipinski definition) is 1. The van der Waals surface area contributed by atoms with Gasteiger partial charge in [-0.1, -0.05) is 13.0 Å². The van der Waals surface area contributed by atoms with Crippen LogP contribution in [0.25, 0.3) is 0 Å². The van der Waals surface area contributed by atoms with Crippen LogP contribution in [0.15, 0.2) is 24.4 Å². The van der Waals surface area contributed by atoms with E-state index in [1.807, 2.05) is 25.1 Å². The Balaban J connectivity index is 2.44. The van der Waals surface area contributed by atoms with Crippen LogP contribution in [0.4, 0.5) is 0 Å². The predicted molar refractivity (Wildman–Crippen MR) is 50.3 cm³/mol. The fourth-order valence-corrected chi connectivity index (χ4v) is 1.04. The molecule has 1 heterocycles. The summed E-state index contributed by atoms with van der Waals surface area (Å²) in [7, 11) is 0. The highest BCUT2D eigenvalue weighted by Crippen LogP contribution is 2.12. The molecule has 0 aliphatic rings. The zero-order valence-electron chi connectivity index (χ0n) is 7.97. The van der Waals surface area contributed by atoms with E-state index in [9.17, 15) is 0 Å². The van der Waals surface area contributed by atoms with Crippen LogP contribution in [0, 0.1) is 0 Å². The van der Waals surface area contributed by atoms with Crippen molar-refractivity contribution in [3.8, 4) is 0 Å². The minimum absolute atomic E-state index is 0.218. The fourth-order valence-electron chi connectivity index (χ4n) is 1.04. The Hall–Kier alpha value is -0.930. The molecule has 0 fully saturated rings. The lowest BCUT2D eigenvalue weighted by atomic mass is 10.1. The molecule has 1 aromatic heterocycles. The third kappa shape index (κ3) is 3.53. The topological polar surface area (TPSA) is 42.4 Å². The number of hydrogen-bond acceptors (Lipinski definition) is 3. The molecule has 0 aliphatic heterocycles. The van der Waals surface area contributed by atoms with Gasteiger partial charge >= 0.3 is 0 Å². The van der Waals surface area contributed by atoms with Gasteiger partial charge in [-0.3, -0.25) is 4.98 Å². The second-order valence-corrected chi connectivity index (χ2v) is 3.09. The third-order valence-electron chi connectivity index (χ3n) is 1.78. The highest BCUT2D eigenvalue weighted by atomic mass is 16.6. The summed E-state index contributed by atoms with van der Waals surface area (Å²) in [6.07, 6.45) is 1.06. The van der Waals surface area contributed by atoms with Crippen LogP contribution in [-0.2, 0) is 4.74 Å². The summed E-state index contributed by atoms with van der Waals surface area (Å²) in [5.74, 6) is 0.218. The van der Waals surface area contributed by atoms with Gasteiger partial charge in [0.1, 0.15) is 0 Å². The van der Waals surface area contributed by atoms with Crippen molar-refractivity contribution in [2.45, 2.75) is 26.1 Å². The molecular formula is C10H15NO2. The largest absolute Gasteiger partial charge is 0.368 e. The van der Waals surface area contributed by atoms with Crippen molar-refractivity contribution < 1.29 is 9.84 Å². The third-order valence-corrected chi connectivity index (χ3v) is 1.78. The highest BCUT2D eigenvalue weighted by Gasteiger charge is 2.07. The maximum Gasteiger partial charge on any atom is 0.151 e. The van der Waals surface area contributed by atoms with Gasteiger partial charge in [0.15, 0.2) is 6.29 Å². The van der Waals surface area contributed by atoms with Crippen molar-refractivity contribution in [3.05, 3.63) is 30.1 Å². The molecule has 0 aromatic carbocycles. The van der Waals surface area contributed by atoms with Gasteiger partial charge in [-0.15, -0.1) is 0 Å². The number of pyridine rings is 1. The average Bonchev–Trinajstić information content (AvgIpc) is 2.15. The molecule has 3 nitrogen and oxygen atoms in total. The van der Waals surface area contributed by atoms with Crippen LogP contribution in [0.2, 0.25) is 0 Å². The maximum atomic E-state index is 8.91. The second kappa shape index (κ2) is 4.94. The molecule has 2 atom stereocenters. The number of aromatic nitrogens is 1. The molecule has 0 radical (unpaired) electrons. The summed E-state index contributed by atoms with van der Waals surface area (Å²) in [4.78, 5) is 4.19. The number of nitrogens with zero attached hydrogens (tertiary/aromatic N) is 1. The first kappa shape index (κ1) is 10.2. The SMILES string of the molecule is CC(O)OCC(C)c1ccccn1. The molecule has 72 valence electrons. The van der Waals surface area contributed by atoms with E-state index in [-0.39, 0.29) is 5.92 Å². The van der Waals surface area contributed by atoms with E-state index in [0.29, 0.717) is 6.61 Å². The first-order chi connectivity index (χ1) is 6.20. The summed E-state index contributed by atoms with van der Waals surface area (Å²) < 4.78 is 5.07. The van der Waals surface area contributed by atoms with Crippen molar-refractivity contribution >= 4 is 0 Å². The molecule has 1 rings (SSSR count). The standard InChI is InChI=1S/C10H15NO2/c1-8(7-13-9(2)12)10-5-3-4-6-11-10/h3-6,8-9,12H,7H2,1-2H3. The fraction of sp³-hybridized carbons (Fsp3) is 0.500. The van der Waals surface area contributed by atoms with E-state index < -0.39 is 6.29 Å². The molecule has 0 bridgehead atoms. The number of rotatable bonds is 4. The van der Waals surface area contributed by atoms with E-state index in [1.165, 1.54) is 0 Å². The van der Waals surface area contributed by atoms with Crippen LogP contribution < -0.4 is 0 Å². The first-order valence-electron chi connectivity index (χ1n) is 4.40. The van der Waals surface area contributed by atoms with Crippen molar-refractivity contribution in [2.24, 2.45) is 0 Å². The Labute approximate surface area is 78.4 Å². The van der Waals surface area contributed by atoms with Gasteiger partial charge in [0, 0.05) is 17.8 Å². The number of ether oxygens (including phenoxy) is 1. The van der Waals surface area contributed by atoms with Crippen molar-refractivity contribution in [2.75, 3.05) is 6.61 Å². The Morgan fingerprint density at radius 3 is 2.77 bits per heavy atom. The molecular weight excluding hydrogens is 166 g/mol. The van der Waals surface area contributed by atoms with Crippen molar-refractivity contribution in [1.29, 1.82) is 0 Å². The molecule has 3 heteroatoms.